The second-order valence-corrected chi connectivity index (χ2v) is 4.34. The van der Waals surface area contributed by atoms with Gasteiger partial charge in [0.2, 0.25) is 0 Å². The normalized spacial score (nSPS) is 26.6. The van der Waals surface area contributed by atoms with E-state index in [1.807, 2.05) is 18.2 Å². The molecule has 0 aliphatic carbocycles. The Morgan fingerprint density at radius 2 is 2.33 bits per heavy atom. The minimum atomic E-state index is -1.25. The zero-order chi connectivity index (χ0) is 8.77. The molecule has 0 spiro atoms. The predicted octanol–water partition coefficient (Wildman–Crippen LogP) is 2.26. The fourth-order valence-electron chi connectivity index (χ4n) is 1.30. The number of halogens is 2. The molecule has 12 heavy (non-hydrogen) atoms. The summed E-state index contributed by atoms with van der Waals surface area (Å²) >= 11 is 9.16. The minimum absolute atomic E-state index is 0.361. The average Bonchev–Trinajstić information content (AvgIpc) is 2.28. The van der Waals surface area contributed by atoms with Gasteiger partial charge in [0.25, 0.3) is 0 Å². The zero-order valence-corrected chi connectivity index (χ0v) is 8.48. The van der Waals surface area contributed by atoms with Crippen molar-refractivity contribution in [3.05, 3.63) is 28.2 Å². The number of benzene rings is 1. The van der Waals surface area contributed by atoms with Crippen LogP contribution in [0.2, 0.25) is 0 Å². The first-order chi connectivity index (χ1) is 5.59. The number of fused-ring (bicyclic) bond motifs is 1. The first-order valence-corrected chi connectivity index (χ1v) is 4.72. The van der Waals surface area contributed by atoms with Gasteiger partial charge in [-0.25, -0.2) is 0 Å². The molecule has 1 heterocycles. The third kappa shape index (κ3) is 1.22. The van der Waals surface area contributed by atoms with E-state index >= 15 is 0 Å². The van der Waals surface area contributed by atoms with Crippen LogP contribution in [0.4, 0.5) is 5.69 Å². The molecule has 1 atom stereocenters. The number of β-amino-alcohol motifs (C(OH)–C–C–N with tert-alkyl or cyclic N) is 1. The van der Waals surface area contributed by atoms with Gasteiger partial charge >= 0.3 is 0 Å². The van der Waals surface area contributed by atoms with Gasteiger partial charge in [-0.2, -0.15) is 0 Å². The molecule has 1 aromatic carbocycles. The van der Waals surface area contributed by atoms with Crippen molar-refractivity contribution < 1.29 is 5.11 Å². The molecule has 2 N–H and O–H groups in total. The number of alkyl halides is 1. The summed E-state index contributed by atoms with van der Waals surface area (Å²) in [4.78, 5) is 0. The summed E-state index contributed by atoms with van der Waals surface area (Å²) in [6.45, 7) is 0.361. The Kier molecular flexibility index (Phi) is 1.82. The molecule has 0 amide bonds. The second-order valence-electron chi connectivity index (χ2n) is 2.80. The molecule has 4 heteroatoms. The lowest BCUT2D eigenvalue weighted by atomic mass is 10.1. The van der Waals surface area contributed by atoms with Gasteiger partial charge in [-0.15, -0.1) is 0 Å². The van der Waals surface area contributed by atoms with Gasteiger partial charge in [-0.05, 0) is 18.2 Å². The molecule has 0 saturated carbocycles. The van der Waals surface area contributed by atoms with Crippen molar-refractivity contribution in [3.63, 3.8) is 0 Å². The van der Waals surface area contributed by atoms with Gasteiger partial charge in [0.15, 0.2) is 5.06 Å². The van der Waals surface area contributed by atoms with Gasteiger partial charge in [0.1, 0.15) is 0 Å². The lowest BCUT2D eigenvalue weighted by molar-refractivity contribution is 0.151. The summed E-state index contributed by atoms with van der Waals surface area (Å²) in [6.07, 6.45) is 0. The molecule has 2 nitrogen and oxygen atoms in total. The number of aliphatic hydroxyl groups is 1. The molecular weight excluding hydrogens is 241 g/mol. The minimum Gasteiger partial charge on any atom is -0.380 e. The molecular formula is C8H7BrClNO. The molecule has 1 aromatic rings. The highest BCUT2D eigenvalue weighted by molar-refractivity contribution is 9.10. The quantitative estimate of drug-likeness (QED) is 0.690. The fraction of sp³-hybridized carbons (Fsp3) is 0.250. The number of nitrogens with one attached hydrogen (secondary N) is 1. The van der Waals surface area contributed by atoms with Crippen LogP contribution in [0.1, 0.15) is 5.56 Å². The van der Waals surface area contributed by atoms with E-state index in [4.69, 9.17) is 11.6 Å². The molecule has 0 saturated heterocycles. The summed E-state index contributed by atoms with van der Waals surface area (Å²) < 4.78 is 0.920. The Hall–Kier alpha value is -0.250. The maximum atomic E-state index is 9.65. The van der Waals surface area contributed by atoms with Crippen LogP contribution >= 0.6 is 27.5 Å². The smallest absolute Gasteiger partial charge is 0.183 e. The van der Waals surface area contributed by atoms with E-state index in [2.05, 4.69) is 21.2 Å². The highest BCUT2D eigenvalue weighted by atomic mass is 79.9. The first-order valence-electron chi connectivity index (χ1n) is 3.55. The maximum Gasteiger partial charge on any atom is 0.183 e. The van der Waals surface area contributed by atoms with Crippen LogP contribution in [0, 0.1) is 0 Å². The highest BCUT2D eigenvalue weighted by Gasteiger charge is 2.34. The van der Waals surface area contributed by atoms with Crippen molar-refractivity contribution in [3.8, 4) is 0 Å². The van der Waals surface area contributed by atoms with E-state index in [1.165, 1.54) is 0 Å². The van der Waals surface area contributed by atoms with Crippen molar-refractivity contribution in [1.29, 1.82) is 0 Å². The molecule has 0 aromatic heterocycles. The Labute approximate surface area is 83.7 Å². The fourth-order valence-corrected chi connectivity index (χ4v) is 1.88. The maximum absolute atomic E-state index is 9.65. The van der Waals surface area contributed by atoms with Crippen LogP contribution in [0.15, 0.2) is 22.7 Å². The van der Waals surface area contributed by atoms with Gasteiger partial charge in [-0.3, -0.25) is 0 Å². The molecule has 0 bridgehead atoms. The summed E-state index contributed by atoms with van der Waals surface area (Å²) in [6, 6.07) is 5.62. The average molecular weight is 249 g/mol. The van der Waals surface area contributed by atoms with Gasteiger partial charge in [0, 0.05) is 15.7 Å². The Morgan fingerprint density at radius 3 is 3.08 bits per heavy atom. The van der Waals surface area contributed by atoms with Crippen LogP contribution in [0.25, 0.3) is 0 Å². The van der Waals surface area contributed by atoms with Crippen LogP contribution in [-0.4, -0.2) is 11.7 Å². The summed E-state index contributed by atoms with van der Waals surface area (Å²) in [5.41, 5.74) is 1.63. The van der Waals surface area contributed by atoms with Crippen LogP contribution < -0.4 is 5.32 Å². The first kappa shape index (κ1) is 8.35. The van der Waals surface area contributed by atoms with E-state index in [0.29, 0.717) is 6.54 Å². The van der Waals surface area contributed by atoms with E-state index in [1.54, 1.807) is 0 Å². The van der Waals surface area contributed by atoms with Gasteiger partial charge in [-0.1, -0.05) is 27.5 Å². The number of hydrogen-bond donors (Lipinski definition) is 2. The summed E-state index contributed by atoms with van der Waals surface area (Å²) in [7, 11) is 0. The third-order valence-electron chi connectivity index (χ3n) is 1.91. The molecule has 1 aliphatic rings. The van der Waals surface area contributed by atoms with Crippen molar-refractivity contribution >= 4 is 33.2 Å². The van der Waals surface area contributed by atoms with Crippen molar-refractivity contribution in [2.75, 3.05) is 11.9 Å². The van der Waals surface area contributed by atoms with Crippen molar-refractivity contribution in [2.45, 2.75) is 5.06 Å². The van der Waals surface area contributed by atoms with Gasteiger partial charge < -0.3 is 10.4 Å². The Balaban J connectivity index is 2.57. The third-order valence-corrected chi connectivity index (χ3v) is 2.74. The van der Waals surface area contributed by atoms with Crippen LogP contribution in [0.5, 0.6) is 0 Å². The predicted molar refractivity (Wildman–Crippen MR) is 52.4 cm³/mol. The Morgan fingerprint density at radius 1 is 1.58 bits per heavy atom. The highest BCUT2D eigenvalue weighted by Crippen LogP contribution is 2.38. The lowest BCUT2D eigenvalue weighted by Crippen LogP contribution is -2.19. The SMILES string of the molecule is OC1(Cl)CNc2ccc(Br)cc21. The zero-order valence-electron chi connectivity index (χ0n) is 6.14. The molecule has 64 valence electrons. The van der Waals surface area contributed by atoms with Crippen LogP contribution in [-0.2, 0) is 5.06 Å². The topological polar surface area (TPSA) is 32.3 Å². The van der Waals surface area contributed by atoms with E-state index < -0.39 is 5.06 Å². The number of rotatable bonds is 0. The Bertz CT molecular complexity index is 327. The largest absolute Gasteiger partial charge is 0.380 e. The molecule has 2 rings (SSSR count). The van der Waals surface area contributed by atoms with Crippen LogP contribution in [0.3, 0.4) is 0 Å². The summed E-state index contributed by atoms with van der Waals surface area (Å²) in [5.74, 6) is 0. The molecule has 0 fully saturated rings. The number of hydrogen-bond acceptors (Lipinski definition) is 2. The summed E-state index contributed by atoms with van der Waals surface area (Å²) in [5, 5.41) is 11.4. The van der Waals surface area contributed by atoms with E-state index in [0.717, 1.165) is 15.7 Å². The monoisotopic (exact) mass is 247 g/mol. The lowest BCUT2D eigenvalue weighted by Gasteiger charge is -2.12. The molecule has 1 aliphatic heterocycles. The van der Waals surface area contributed by atoms with Crippen molar-refractivity contribution in [1.82, 2.24) is 0 Å². The van der Waals surface area contributed by atoms with E-state index in [9.17, 15) is 5.11 Å². The molecule has 1 unspecified atom stereocenters. The van der Waals surface area contributed by atoms with Gasteiger partial charge in [0.05, 0.1) is 6.54 Å². The van der Waals surface area contributed by atoms with E-state index in [-0.39, 0.29) is 0 Å². The standard InChI is InChI=1S/C8H7BrClNO/c9-5-1-2-7-6(3-5)8(10,12)4-11-7/h1-3,11-12H,4H2. The number of anilines is 1. The molecule has 0 radical (unpaired) electrons. The second kappa shape index (κ2) is 2.62. The van der Waals surface area contributed by atoms with Crippen molar-refractivity contribution in [2.24, 2.45) is 0 Å².